The maximum atomic E-state index is 12.0. The largest absolute Gasteiger partial charge is 0.336 e. The van der Waals surface area contributed by atoms with Gasteiger partial charge in [0, 0.05) is 30.4 Å². The summed E-state index contributed by atoms with van der Waals surface area (Å²) < 4.78 is 29.3. The molecule has 0 bridgehead atoms. The number of imidazole rings is 1. The first-order chi connectivity index (χ1) is 8.49. The van der Waals surface area contributed by atoms with Crippen LogP contribution < -0.4 is 4.72 Å². The highest BCUT2D eigenvalue weighted by Gasteiger charge is 2.18. The summed E-state index contributed by atoms with van der Waals surface area (Å²) in [6.45, 7) is 2.69. The maximum absolute atomic E-state index is 12.0. The van der Waals surface area contributed by atoms with Crippen molar-refractivity contribution in [3.05, 3.63) is 33.5 Å². The van der Waals surface area contributed by atoms with Gasteiger partial charge >= 0.3 is 0 Å². The molecule has 0 fully saturated rings. The molecule has 2 heterocycles. The Hall–Kier alpha value is -0.700. The molecule has 2 aromatic heterocycles. The number of hydrogen-bond donors (Lipinski definition) is 1. The van der Waals surface area contributed by atoms with Gasteiger partial charge in [-0.15, -0.1) is 11.3 Å². The van der Waals surface area contributed by atoms with Crippen molar-refractivity contribution in [1.82, 2.24) is 14.3 Å². The molecule has 0 radical (unpaired) electrons. The molecule has 2 rings (SSSR count). The summed E-state index contributed by atoms with van der Waals surface area (Å²) in [5.74, 6) is 0. The summed E-state index contributed by atoms with van der Waals surface area (Å²) in [5.41, 5.74) is 0. The van der Waals surface area contributed by atoms with Crippen molar-refractivity contribution < 1.29 is 8.42 Å². The molecule has 0 atom stereocenters. The van der Waals surface area contributed by atoms with Gasteiger partial charge in [-0.2, -0.15) is 0 Å². The number of hydrogen-bond acceptors (Lipinski definition) is 4. The number of nitrogens with one attached hydrogen (secondary N) is 1. The molecule has 0 spiro atoms. The van der Waals surface area contributed by atoms with Crippen molar-refractivity contribution in [2.45, 2.75) is 18.4 Å². The zero-order valence-electron chi connectivity index (χ0n) is 9.63. The van der Waals surface area contributed by atoms with E-state index in [-0.39, 0.29) is 0 Å². The normalized spacial score (nSPS) is 11.9. The molecule has 18 heavy (non-hydrogen) atoms. The fourth-order valence-corrected chi connectivity index (χ4v) is 4.94. The third-order valence-corrected chi connectivity index (χ3v) is 5.62. The third-order valence-electron chi connectivity index (χ3n) is 2.35. The summed E-state index contributed by atoms with van der Waals surface area (Å²) in [7, 11) is -3.43. The molecular formula is C10H12BrN3O2S2. The lowest BCUT2D eigenvalue weighted by Crippen LogP contribution is -2.27. The van der Waals surface area contributed by atoms with Gasteiger partial charge in [0.25, 0.3) is 0 Å². The van der Waals surface area contributed by atoms with Crippen LogP contribution in [0.1, 0.15) is 4.88 Å². The van der Waals surface area contributed by atoms with Gasteiger partial charge in [0.1, 0.15) is 0 Å². The van der Waals surface area contributed by atoms with Crippen LogP contribution in [0.25, 0.3) is 0 Å². The summed E-state index contributed by atoms with van der Waals surface area (Å²) in [4.78, 5) is 5.01. The second kappa shape index (κ2) is 5.52. The summed E-state index contributed by atoms with van der Waals surface area (Å²) >= 11 is 4.70. The summed E-state index contributed by atoms with van der Waals surface area (Å²) in [6.07, 6.45) is 5.11. The van der Waals surface area contributed by atoms with Crippen molar-refractivity contribution in [2.24, 2.45) is 0 Å². The molecule has 0 aromatic carbocycles. The molecule has 0 aliphatic heterocycles. The number of sulfonamides is 1. The van der Waals surface area contributed by atoms with Crippen LogP contribution in [-0.2, 0) is 16.6 Å². The van der Waals surface area contributed by atoms with E-state index >= 15 is 0 Å². The Bertz CT molecular complexity index is 620. The van der Waals surface area contributed by atoms with E-state index in [0.717, 1.165) is 8.66 Å². The molecule has 0 aliphatic carbocycles. The van der Waals surface area contributed by atoms with E-state index < -0.39 is 10.0 Å². The number of rotatable bonds is 5. The monoisotopic (exact) mass is 349 g/mol. The summed E-state index contributed by atoms with van der Waals surface area (Å²) in [6, 6.07) is 1.62. The lowest BCUT2D eigenvalue weighted by Gasteiger charge is -2.06. The molecule has 1 N–H and O–H groups in total. The number of aryl methyl sites for hydroxylation is 1. The van der Waals surface area contributed by atoms with Crippen molar-refractivity contribution in [3.8, 4) is 0 Å². The highest BCUT2D eigenvalue weighted by molar-refractivity contribution is 9.11. The Morgan fingerprint density at radius 3 is 2.89 bits per heavy atom. The highest BCUT2D eigenvalue weighted by Crippen LogP contribution is 2.29. The lowest BCUT2D eigenvalue weighted by atomic mass is 10.5. The predicted octanol–water partition coefficient (Wildman–Crippen LogP) is 1.99. The van der Waals surface area contributed by atoms with Crippen LogP contribution in [0.5, 0.6) is 0 Å². The topological polar surface area (TPSA) is 64.0 Å². The van der Waals surface area contributed by atoms with Gasteiger partial charge in [-0.25, -0.2) is 18.1 Å². The molecule has 8 heteroatoms. The van der Waals surface area contributed by atoms with E-state index in [1.54, 1.807) is 31.7 Å². The number of nitrogens with zero attached hydrogens (tertiary/aromatic N) is 2. The van der Waals surface area contributed by atoms with Gasteiger partial charge in [0.05, 0.1) is 15.0 Å². The van der Waals surface area contributed by atoms with Gasteiger partial charge in [-0.05, 0) is 28.9 Å². The van der Waals surface area contributed by atoms with Crippen molar-refractivity contribution in [3.63, 3.8) is 0 Å². The minimum absolute atomic E-state index is 0.338. The molecule has 0 saturated heterocycles. The first-order valence-electron chi connectivity index (χ1n) is 5.20. The van der Waals surface area contributed by atoms with Gasteiger partial charge in [0.2, 0.25) is 10.0 Å². The Labute approximate surface area is 118 Å². The fourth-order valence-electron chi connectivity index (χ4n) is 1.50. The highest BCUT2D eigenvalue weighted by atomic mass is 79.9. The Morgan fingerprint density at radius 2 is 2.33 bits per heavy atom. The smallest absolute Gasteiger partial charge is 0.241 e. The van der Waals surface area contributed by atoms with Gasteiger partial charge in [-0.1, -0.05) is 0 Å². The van der Waals surface area contributed by atoms with Crippen molar-refractivity contribution >= 4 is 37.3 Å². The van der Waals surface area contributed by atoms with E-state index in [1.807, 2.05) is 4.57 Å². The molecule has 0 unspecified atom stereocenters. The third kappa shape index (κ3) is 3.19. The van der Waals surface area contributed by atoms with E-state index in [2.05, 4.69) is 25.6 Å². The second-order valence-electron chi connectivity index (χ2n) is 3.67. The number of halogens is 1. The zero-order valence-corrected chi connectivity index (χ0v) is 12.8. The fraction of sp³-hybridized carbons (Fsp3) is 0.300. The molecule has 0 saturated carbocycles. The molecule has 0 amide bonds. The zero-order chi connectivity index (χ0) is 13.2. The van der Waals surface area contributed by atoms with Crippen LogP contribution in [0.3, 0.4) is 0 Å². The molecule has 0 aliphatic rings. The van der Waals surface area contributed by atoms with Crippen LogP contribution in [0.15, 0.2) is 33.5 Å². The maximum Gasteiger partial charge on any atom is 0.241 e. The molecule has 2 aromatic rings. The van der Waals surface area contributed by atoms with E-state index in [4.69, 9.17) is 0 Å². The van der Waals surface area contributed by atoms with Crippen LogP contribution in [0.4, 0.5) is 0 Å². The average Bonchev–Trinajstić information content (AvgIpc) is 2.88. The summed E-state index contributed by atoms with van der Waals surface area (Å²) in [5, 5.41) is 0. The van der Waals surface area contributed by atoms with Crippen LogP contribution >= 0.6 is 27.3 Å². The van der Waals surface area contributed by atoms with E-state index in [0.29, 0.717) is 18.0 Å². The molecular weight excluding hydrogens is 338 g/mol. The SMILES string of the molecule is Cc1sc(Br)cc1S(=O)(=O)NCCn1ccnc1. The van der Waals surface area contributed by atoms with Crippen LogP contribution in [0, 0.1) is 6.92 Å². The van der Waals surface area contributed by atoms with Crippen molar-refractivity contribution in [1.29, 1.82) is 0 Å². The quantitative estimate of drug-likeness (QED) is 0.897. The van der Waals surface area contributed by atoms with Gasteiger partial charge in [-0.3, -0.25) is 0 Å². The lowest BCUT2D eigenvalue weighted by molar-refractivity contribution is 0.572. The molecule has 5 nitrogen and oxygen atoms in total. The van der Waals surface area contributed by atoms with Crippen LogP contribution in [0.2, 0.25) is 0 Å². The van der Waals surface area contributed by atoms with E-state index in [1.165, 1.54) is 11.3 Å². The Balaban J connectivity index is 2.02. The van der Waals surface area contributed by atoms with Gasteiger partial charge < -0.3 is 4.57 Å². The van der Waals surface area contributed by atoms with Crippen molar-refractivity contribution in [2.75, 3.05) is 6.54 Å². The second-order valence-corrected chi connectivity index (χ2v) is 8.04. The Morgan fingerprint density at radius 1 is 1.56 bits per heavy atom. The minimum Gasteiger partial charge on any atom is -0.336 e. The predicted molar refractivity (Wildman–Crippen MR) is 74.2 cm³/mol. The first kappa shape index (κ1) is 13.7. The first-order valence-corrected chi connectivity index (χ1v) is 8.29. The minimum atomic E-state index is -3.43. The standard InChI is InChI=1S/C10H12BrN3O2S2/c1-8-9(6-10(11)17-8)18(15,16)13-3-5-14-4-2-12-7-14/h2,4,6-7,13H,3,5H2,1H3. The molecule has 98 valence electrons. The van der Waals surface area contributed by atoms with Gasteiger partial charge in [0.15, 0.2) is 0 Å². The van der Waals surface area contributed by atoms with Crippen LogP contribution in [-0.4, -0.2) is 24.5 Å². The van der Waals surface area contributed by atoms with E-state index in [9.17, 15) is 8.42 Å². The number of aromatic nitrogens is 2. The number of thiophene rings is 1. The Kier molecular flexibility index (Phi) is 4.21. The average molecular weight is 350 g/mol.